The first-order valence-corrected chi connectivity index (χ1v) is 9.76. The van der Waals surface area contributed by atoms with Crippen LogP contribution in [0.1, 0.15) is 36.5 Å². The first kappa shape index (κ1) is 19.6. The van der Waals surface area contributed by atoms with Crippen LogP contribution < -0.4 is 10.1 Å². The smallest absolute Gasteiger partial charge is 0.252 e. The van der Waals surface area contributed by atoms with E-state index in [4.69, 9.17) is 16.3 Å². The zero-order chi connectivity index (χ0) is 19.2. The van der Waals surface area contributed by atoms with Gasteiger partial charge < -0.3 is 15.2 Å². The predicted octanol–water partition coefficient (Wildman–Crippen LogP) is 3.94. The second kappa shape index (κ2) is 9.20. The molecule has 2 N–H and O–H groups in total. The van der Waals surface area contributed by atoms with Crippen LogP contribution in [0.2, 0.25) is 5.02 Å². The van der Waals surface area contributed by atoms with Crippen LogP contribution in [0.5, 0.6) is 5.88 Å². The molecule has 2 aromatic rings. The van der Waals surface area contributed by atoms with Crippen molar-refractivity contribution in [1.29, 1.82) is 0 Å². The predicted molar refractivity (Wildman–Crippen MR) is 106 cm³/mol. The molecule has 1 heterocycles. The van der Waals surface area contributed by atoms with Crippen LogP contribution in [0.4, 0.5) is 0 Å². The summed E-state index contributed by atoms with van der Waals surface area (Å²) in [7, 11) is 0. The van der Waals surface area contributed by atoms with Crippen molar-refractivity contribution in [3.63, 3.8) is 0 Å². The fourth-order valence-electron chi connectivity index (χ4n) is 2.69. The number of halogens is 1. The number of pyridine rings is 1. The average molecular weight is 389 g/mol. The summed E-state index contributed by atoms with van der Waals surface area (Å²) in [6, 6.07) is 9.20. The van der Waals surface area contributed by atoms with Gasteiger partial charge in [-0.2, -0.15) is 0 Å². The summed E-state index contributed by atoms with van der Waals surface area (Å²) < 4.78 is 5.90. The summed E-state index contributed by atoms with van der Waals surface area (Å²) in [4.78, 5) is 16.9. The van der Waals surface area contributed by atoms with Crippen molar-refractivity contribution in [2.24, 2.45) is 11.8 Å². The van der Waals surface area contributed by atoms with E-state index < -0.39 is 0 Å². The second-order valence-corrected chi connectivity index (χ2v) is 7.44. The van der Waals surface area contributed by atoms with E-state index in [0.29, 0.717) is 35.5 Å². The lowest BCUT2D eigenvalue weighted by Gasteiger charge is -2.14. The van der Waals surface area contributed by atoms with Crippen LogP contribution in [0.25, 0.3) is 11.1 Å². The Hall–Kier alpha value is -2.11. The van der Waals surface area contributed by atoms with Crippen LogP contribution in [-0.2, 0) is 0 Å². The Balaban J connectivity index is 1.81. The number of ether oxygens (including phenoxy) is 1. The molecule has 0 saturated heterocycles. The molecule has 1 aliphatic rings. The topological polar surface area (TPSA) is 71.5 Å². The molecular weight excluding hydrogens is 364 g/mol. The lowest BCUT2D eigenvalue weighted by Crippen LogP contribution is -2.30. The van der Waals surface area contributed by atoms with Gasteiger partial charge in [0.15, 0.2) is 0 Å². The van der Waals surface area contributed by atoms with Crippen molar-refractivity contribution < 1.29 is 14.6 Å². The van der Waals surface area contributed by atoms with Gasteiger partial charge in [-0.15, -0.1) is 0 Å². The van der Waals surface area contributed by atoms with Crippen LogP contribution in [-0.4, -0.2) is 35.8 Å². The molecule has 27 heavy (non-hydrogen) atoms. The van der Waals surface area contributed by atoms with Crippen LogP contribution in [0.15, 0.2) is 36.5 Å². The maximum absolute atomic E-state index is 12.5. The SMILES string of the molecule is CCC(CO)CNC(=O)c1cnc(OCC2CC2)c(-c2ccc(Cl)cc2)c1. The van der Waals surface area contributed by atoms with Crippen molar-refractivity contribution in [1.82, 2.24) is 10.3 Å². The Labute approximate surface area is 164 Å². The van der Waals surface area contributed by atoms with E-state index in [1.807, 2.05) is 19.1 Å². The zero-order valence-electron chi connectivity index (χ0n) is 15.5. The molecule has 1 fully saturated rings. The standard InChI is InChI=1S/C21H25ClN2O3/c1-2-14(12-25)10-23-20(26)17-9-19(16-5-7-18(22)8-6-16)21(24-11-17)27-13-15-3-4-15/h5-9,11,14-15,25H,2-4,10,12-13H2,1H3,(H,23,26). The molecule has 1 amide bonds. The van der Waals surface area contributed by atoms with Crippen molar-refractivity contribution in [2.45, 2.75) is 26.2 Å². The van der Waals surface area contributed by atoms with E-state index in [9.17, 15) is 9.90 Å². The number of carbonyl (C=O) groups is 1. The summed E-state index contributed by atoms with van der Waals surface area (Å²) in [6.07, 6.45) is 4.73. The van der Waals surface area contributed by atoms with Gasteiger partial charge in [-0.05, 0) is 54.9 Å². The number of carbonyl (C=O) groups excluding carboxylic acids is 1. The zero-order valence-corrected chi connectivity index (χ0v) is 16.2. The highest BCUT2D eigenvalue weighted by atomic mass is 35.5. The Kier molecular flexibility index (Phi) is 6.69. The summed E-state index contributed by atoms with van der Waals surface area (Å²) in [5, 5.41) is 12.8. The van der Waals surface area contributed by atoms with Crippen molar-refractivity contribution in [3.05, 3.63) is 47.1 Å². The van der Waals surface area contributed by atoms with Crippen LogP contribution >= 0.6 is 11.6 Å². The lowest BCUT2D eigenvalue weighted by atomic mass is 10.0. The van der Waals surface area contributed by atoms with Gasteiger partial charge in [0.2, 0.25) is 5.88 Å². The number of benzene rings is 1. The molecule has 0 radical (unpaired) electrons. The number of aliphatic hydroxyl groups is 1. The quantitative estimate of drug-likeness (QED) is 0.682. The molecule has 1 saturated carbocycles. The van der Waals surface area contributed by atoms with Crippen molar-refractivity contribution >= 4 is 17.5 Å². The average Bonchev–Trinajstić information content (AvgIpc) is 3.52. The third kappa shape index (κ3) is 5.44. The number of nitrogens with one attached hydrogen (secondary N) is 1. The molecule has 3 rings (SSSR count). The minimum Gasteiger partial charge on any atom is -0.477 e. The molecule has 6 heteroatoms. The number of hydrogen-bond donors (Lipinski definition) is 2. The third-order valence-electron chi connectivity index (χ3n) is 4.81. The molecule has 1 aliphatic carbocycles. The van der Waals surface area contributed by atoms with Crippen molar-refractivity contribution in [2.75, 3.05) is 19.8 Å². The first-order valence-electron chi connectivity index (χ1n) is 9.38. The Morgan fingerprint density at radius 2 is 2.11 bits per heavy atom. The summed E-state index contributed by atoms with van der Waals surface area (Å²) in [6.45, 7) is 3.12. The number of aromatic nitrogens is 1. The summed E-state index contributed by atoms with van der Waals surface area (Å²) in [5.74, 6) is 0.983. The highest BCUT2D eigenvalue weighted by Gasteiger charge is 2.23. The minimum atomic E-state index is -0.210. The Bertz CT molecular complexity index is 771. The number of nitrogens with zero attached hydrogens (tertiary/aromatic N) is 1. The van der Waals surface area contributed by atoms with Gasteiger partial charge in [-0.1, -0.05) is 30.7 Å². The maximum Gasteiger partial charge on any atom is 0.252 e. The Morgan fingerprint density at radius 3 is 2.74 bits per heavy atom. The van der Waals surface area contributed by atoms with Gasteiger partial charge in [0, 0.05) is 29.9 Å². The van der Waals surface area contributed by atoms with E-state index in [0.717, 1.165) is 17.5 Å². The largest absolute Gasteiger partial charge is 0.477 e. The van der Waals surface area contributed by atoms with Gasteiger partial charge in [0.25, 0.3) is 5.91 Å². The maximum atomic E-state index is 12.5. The fourth-order valence-corrected chi connectivity index (χ4v) is 2.81. The number of amides is 1. The third-order valence-corrected chi connectivity index (χ3v) is 5.06. The monoisotopic (exact) mass is 388 g/mol. The molecule has 1 aromatic heterocycles. The number of hydrogen-bond acceptors (Lipinski definition) is 4. The van der Waals surface area contributed by atoms with Gasteiger partial charge in [0.1, 0.15) is 0 Å². The van der Waals surface area contributed by atoms with Gasteiger partial charge in [0.05, 0.1) is 12.2 Å². The minimum absolute atomic E-state index is 0.0544. The molecule has 0 aliphatic heterocycles. The Morgan fingerprint density at radius 1 is 1.37 bits per heavy atom. The molecule has 1 aromatic carbocycles. The number of aliphatic hydroxyl groups excluding tert-OH is 1. The van der Waals surface area contributed by atoms with E-state index in [1.165, 1.54) is 19.0 Å². The highest BCUT2D eigenvalue weighted by Crippen LogP contribution is 2.33. The van der Waals surface area contributed by atoms with E-state index in [-0.39, 0.29) is 18.4 Å². The molecule has 5 nitrogen and oxygen atoms in total. The van der Waals surface area contributed by atoms with E-state index in [2.05, 4.69) is 10.3 Å². The molecule has 144 valence electrons. The van der Waals surface area contributed by atoms with Crippen LogP contribution in [0, 0.1) is 11.8 Å². The lowest BCUT2D eigenvalue weighted by molar-refractivity contribution is 0.0939. The van der Waals surface area contributed by atoms with Gasteiger partial charge >= 0.3 is 0 Å². The summed E-state index contributed by atoms with van der Waals surface area (Å²) >= 11 is 6.00. The molecule has 1 unspecified atom stereocenters. The van der Waals surface area contributed by atoms with E-state index >= 15 is 0 Å². The fraction of sp³-hybridized carbons (Fsp3) is 0.429. The summed E-state index contributed by atoms with van der Waals surface area (Å²) in [5.41, 5.74) is 2.13. The number of rotatable bonds is 9. The molecule has 0 spiro atoms. The van der Waals surface area contributed by atoms with Gasteiger partial charge in [-0.3, -0.25) is 4.79 Å². The highest BCUT2D eigenvalue weighted by molar-refractivity contribution is 6.30. The second-order valence-electron chi connectivity index (χ2n) is 7.00. The van der Waals surface area contributed by atoms with Gasteiger partial charge in [-0.25, -0.2) is 4.98 Å². The molecule has 1 atom stereocenters. The van der Waals surface area contributed by atoms with Crippen LogP contribution in [0.3, 0.4) is 0 Å². The molecule has 0 bridgehead atoms. The van der Waals surface area contributed by atoms with Crippen molar-refractivity contribution in [3.8, 4) is 17.0 Å². The first-order chi connectivity index (χ1) is 13.1. The normalized spacial score (nSPS) is 14.6. The van der Waals surface area contributed by atoms with E-state index in [1.54, 1.807) is 18.2 Å². The molecular formula is C21H25ClN2O3.